The molecule has 1 heterocycles. The molecule has 0 amide bonds. The number of aryl methyl sites for hydroxylation is 1. The Labute approximate surface area is 84.7 Å². The normalized spacial score (nSPS) is 10.4. The first-order valence-corrected chi connectivity index (χ1v) is 4.81. The maximum atomic E-state index is 10.7. The number of rotatable bonds is 3. The van der Waals surface area contributed by atoms with Gasteiger partial charge in [-0.2, -0.15) is 0 Å². The van der Waals surface area contributed by atoms with E-state index in [4.69, 9.17) is 5.11 Å². The fourth-order valence-corrected chi connectivity index (χ4v) is 1.57. The van der Waals surface area contributed by atoms with Crippen molar-refractivity contribution in [3.05, 3.63) is 16.1 Å². The lowest BCUT2D eigenvalue weighted by atomic mass is 10.3. The number of hydrogen-bond donors (Lipinski definition) is 1. The summed E-state index contributed by atoms with van der Waals surface area (Å²) in [6, 6.07) is 0. The summed E-state index contributed by atoms with van der Waals surface area (Å²) in [5, 5.41) is 8.77. The fourth-order valence-electron chi connectivity index (χ4n) is 1.11. The van der Waals surface area contributed by atoms with Crippen molar-refractivity contribution in [2.75, 3.05) is 0 Å². The van der Waals surface area contributed by atoms with Crippen molar-refractivity contribution in [2.45, 2.75) is 19.8 Å². The molecule has 0 atom stereocenters. The van der Waals surface area contributed by atoms with E-state index in [1.807, 2.05) is 6.92 Å². The van der Waals surface area contributed by atoms with Crippen molar-refractivity contribution in [1.29, 1.82) is 0 Å². The van der Waals surface area contributed by atoms with Crippen LogP contribution in [0, 0.1) is 0 Å². The summed E-state index contributed by atoms with van der Waals surface area (Å²) >= 11 is 3.19. The summed E-state index contributed by atoms with van der Waals surface area (Å²) < 4.78 is 2.29. The monoisotopic (exact) mass is 246 g/mol. The lowest BCUT2D eigenvalue weighted by Gasteiger charge is -1.98. The minimum atomic E-state index is -0.996. The predicted octanol–water partition coefficient (Wildman–Crippen LogP) is 1.83. The highest BCUT2D eigenvalue weighted by atomic mass is 79.9. The predicted molar refractivity (Wildman–Crippen MR) is 51.9 cm³/mol. The standard InChI is InChI=1S/C8H11BrN2O2/c1-3-4-5-10-6(8(12)13)7(9)11(5)2/h3-4H2,1-2H3,(H,12,13). The Bertz CT molecular complexity index is 333. The molecule has 0 aliphatic rings. The van der Waals surface area contributed by atoms with Crippen LogP contribution in [-0.4, -0.2) is 20.6 Å². The molecule has 0 radical (unpaired) electrons. The molecule has 0 aromatic carbocycles. The van der Waals surface area contributed by atoms with Crippen LogP contribution in [0.2, 0.25) is 0 Å². The molecule has 0 fully saturated rings. The third kappa shape index (κ3) is 1.91. The van der Waals surface area contributed by atoms with Gasteiger partial charge in [-0.05, 0) is 22.4 Å². The average Bonchev–Trinajstić information content (AvgIpc) is 2.33. The lowest BCUT2D eigenvalue weighted by molar-refractivity contribution is 0.0689. The Morgan fingerprint density at radius 3 is 2.69 bits per heavy atom. The van der Waals surface area contributed by atoms with Crippen molar-refractivity contribution in [2.24, 2.45) is 7.05 Å². The van der Waals surface area contributed by atoms with Gasteiger partial charge in [0.1, 0.15) is 10.4 Å². The number of aromatic nitrogens is 2. The SMILES string of the molecule is CCCc1nc(C(=O)O)c(Br)n1C. The zero-order valence-electron chi connectivity index (χ0n) is 7.54. The minimum Gasteiger partial charge on any atom is -0.476 e. The molecule has 0 aliphatic heterocycles. The van der Waals surface area contributed by atoms with Crippen LogP contribution < -0.4 is 0 Å². The minimum absolute atomic E-state index is 0.0888. The Balaban J connectivity index is 3.12. The highest BCUT2D eigenvalue weighted by Gasteiger charge is 2.17. The van der Waals surface area contributed by atoms with Gasteiger partial charge in [0.25, 0.3) is 0 Å². The second kappa shape index (κ2) is 3.91. The van der Waals surface area contributed by atoms with Gasteiger partial charge >= 0.3 is 5.97 Å². The molecule has 4 nitrogen and oxygen atoms in total. The molecule has 0 saturated carbocycles. The number of nitrogens with zero attached hydrogens (tertiary/aromatic N) is 2. The summed E-state index contributed by atoms with van der Waals surface area (Å²) in [7, 11) is 1.80. The highest BCUT2D eigenvalue weighted by Crippen LogP contribution is 2.18. The van der Waals surface area contributed by atoms with Gasteiger partial charge in [0, 0.05) is 13.5 Å². The van der Waals surface area contributed by atoms with E-state index in [0.717, 1.165) is 18.7 Å². The Morgan fingerprint density at radius 1 is 1.69 bits per heavy atom. The Hall–Kier alpha value is -0.840. The van der Waals surface area contributed by atoms with Gasteiger partial charge in [0.2, 0.25) is 0 Å². The number of carboxylic acid groups (broad SMARTS) is 1. The molecule has 1 rings (SSSR count). The maximum absolute atomic E-state index is 10.7. The zero-order chi connectivity index (χ0) is 10.0. The van der Waals surface area contributed by atoms with Gasteiger partial charge in [-0.1, -0.05) is 6.92 Å². The molecule has 0 unspecified atom stereocenters. The van der Waals surface area contributed by atoms with Gasteiger partial charge < -0.3 is 9.67 Å². The van der Waals surface area contributed by atoms with E-state index in [2.05, 4.69) is 20.9 Å². The van der Waals surface area contributed by atoms with E-state index < -0.39 is 5.97 Å². The van der Waals surface area contributed by atoms with Crippen molar-refractivity contribution in [3.8, 4) is 0 Å². The Kier molecular flexibility index (Phi) is 3.08. The molecule has 0 bridgehead atoms. The van der Waals surface area contributed by atoms with E-state index in [0.29, 0.717) is 4.60 Å². The number of imidazole rings is 1. The molecule has 72 valence electrons. The third-order valence-corrected chi connectivity index (χ3v) is 2.70. The van der Waals surface area contributed by atoms with Crippen molar-refractivity contribution in [1.82, 2.24) is 9.55 Å². The number of hydrogen-bond acceptors (Lipinski definition) is 2. The molecular weight excluding hydrogens is 236 g/mol. The van der Waals surface area contributed by atoms with Crippen LogP contribution in [0.3, 0.4) is 0 Å². The van der Waals surface area contributed by atoms with Gasteiger partial charge in [0.05, 0.1) is 0 Å². The van der Waals surface area contributed by atoms with Crippen molar-refractivity contribution in [3.63, 3.8) is 0 Å². The molecule has 1 N–H and O–H groups in total. The van der Waals surface area contributed by atoms with E-state index in [1.165, 1.54) is 0 Å². The zero-order valence-corrected chi connectivity index (χ0v) is 9.13. The maximum Gasteiger partial charge on any atom is 0.357 e. The van der Waals surface area contributed by atoms with E-state index >= 15 is 0 Å². The summed E-state index contributed by atoms with van der Waals surface area (Å²) in [5.41, 5.74) is 0.0888. The quantitative estimate of drug-likeness (QED) is 0.886. The Morgan fingerprint density at radius 2 is 2.31 bits per heavy atom. The second-order valence-corrected chi connectivity index (χ2v) is 3.53. The number of halogens is 1. The van der Waals surface area contributed by atoms with Crippen LogP contribution in [0.1, 0.15) is 29.7 Å². The summed E-state index contributed by atoms with van der Waals surface area (Å²) in [4.78, 5) is 14.7. The number of carbonyl (C=O) groups is 1. The topological polar surface area (TPSA) is 55.1 Å². The smallest absolute Gasteiger partial charge is 0.357 e. The molecule has 1 aromatic rings. The van der Waals surface area contributed by atoms with Crippen molar-refractivity contribution >= 4 is 21.9 Å². The van der Waals surface area contributed by atoms with Gasteiger partial charge in [-0.25, -0.2) is 9.78 Å². The number of aromatic carboxylic acids is 1. The van der Waals surface area contributed by atoms with E-state index in [1.54, 1.807) is 11.6 Å². The first-order valence-electron chi connectivity index (χ1n) is 4.02. The van der Waals surface area contributed by atoms with Gasteiger partial charge in [-0.3, -0.25) is 0 Å². The van der Waals surface area contributed by atoms with E-state index in [9.17, 15) is 4.79 Å². The van der Waals surface area contributed by atoms with Crippen LogP contribution >= 0.6 is 15.9 Å². The van der Waals surface area contributed by atoms with E-state index in [-0.39, 0.29) is 5.69 Å². The molecule has 0 spiro atoms. The van der Waals surface area contributed by atoms with Crippen molar-refractivity contribution < 1.29 is 9.90 Å². The second-order valence-electron chi connectivity index (χ2n) is 2.78. The lowest BCUT2D eigenvalue weighted by Crippen LogP contribution is -1.97. The molecule has 0 saturated heterocycles. The molecule has 0 aliphatic carbocycles. The molecular formula is C8H11BrN2O2. The first-order chi connectivity index (χ1) is 6.07. The molecule has 13 heavy (non-hydrogen) atoms. The summed E-state index contributed by atoms with van der Waals surface area (Å²) in [6.07, 6.45) is 1.75. The van der Waals surface area contributed by atoms with Crippen LogP contribution in [0.25, 0.3) is 0 Å². The number of carboxylic acids is 1. The van der Waals surface area contributed by atoms with Crippen LogP contribution in [0.5, 0.6) is 0 Å². The fraction of sp³-hybridized carbons (Fsp3) is 0.500. The van der Waals surface area contributed by atoms with Crippen LogP contribution in [0.15, 0.2) is 4.60 Å². The van der Waals surface area contributed by atoms with Crippen LogP contribution in [0.4, 0.5) is 0 Å². The van der Waals surface area contributed by atoms with Crippen LogP contribution in [-0.2, 0) is 13.5 Å². The van der Waals surface area contributed by atoms with Gasteiger partial charge in [-0.15, -0.1) is 0 Å². The third-order valence-electron chi connectivity index (χ3n) is 1.79. The largest absolute Gasteiger partial charge is 0.476 e. The average molecular weight is 247 g/mol. The summed E-state index contributed by atoms with van der Waals surface area (Å²) in [6.45, 7) is 2.03. The molecule has 1 aromatic heterocycles. The first kappa shape index (κ1) is 10.2. The molecule has 5 heteroatoms. The summed E-state index contributed by atoms with van der Waals surface area (Å²) in [5.74, 6) is -0.198. The van der Waals surface area contributed by atoms with Gasteiger partial charge in [0.15, 0.2) is 5.69 Å². The highest BCUT2D eigenvalue weighted by molar-refractivity contribution is 9.10.